The van der Waals surface area contributed by atoms with Gasteiger partial charge >= 0.3 is 72.2 Å². The summed E-state index contributed by atoms with van der Waals surface area (Å²) in [4.78, 5) is 0. The largest absolute Gasteiger partial charge is 1.00 e. The van der Waals surface area contributed by atoms with Crippen molar-refractivity contribution in [1.82, 2.24) is 0 Å². The number of rotatable bonds is 3. The molecule has 0 rings (SSSR count). The van der Waals surface area contributed by atoms with E-state index in [0.717, 1.165) is 0 Å². The Bertz CT molecular complexity index is 263. The molecule has 0 fully saturated rings. The van der Waals surface area contributed by atoms with Crippen LogP contribution in [0.15, 0.2) is 0 Å². The molecule has 0 saturated heterocycles. The van der Waals surface area contributed by atoms with Crippen molar-refractivity contribution in [3.8, 4) is 0 Å². The molecule has 0 unspecified atom stereocenters. The van der Waals surface area contributed by atoms with Gasteiger partial charge in [-0.3, -0.25) is 9.11 Å². The molecular weight excluding hydrogens is 294 g/mol. The quantitative estimate of drug-likeness (QED) is 0.229. The first kappa shape index (κ1) is 24.4. The summed E-state index contributed by atoms with van der Waals surface area (Å²) in [6, 6.07) is 0. The van der Waals surface area contributed by atoms with Gasteiger partial charge in [0.05, 0.1) is 0 Å². The van der Waals surface area contributed by atoms with E-state index in [4.69, 9.17) is 9.11 Å². The molecule has 0 spiro atoms. The van der Waals surface area contributed by atoms with E-state index in [2.05, 4.69) is 8.67 Å². The van der Waals surface area contributed by atoms with E-state index in [1.54, 1.807) is 0 Å². The Morgan fingerprint density at radius 3 is 1.15 bits per heavy atom. The molecule has 78 valence electrons. The summed E-state index contributed by atoms with van der Waals surface area (Å²) < 4.78 is 58.9. The van der Waals surface area contributed by atoms with Gasteiger partial charge in [0, 0.05) is 0 Å². The van der Waals surface area contributed by atoms with Crippen LogP contribution in [0, 0.1) is 0 Å². The molecule has 0 aromatic rings. The summed E-state index contributed by atoms with van der Waals surface area (Å²) in [5.41, 5.74) is 0. The fraction of sp³-hybridized carbons (Fsp3) is 0. The number of hydrogen-bond acceptors (Lipinski definition) is 6. The van der Waals surface area contributed by atoms with Gasteiger partial charge in [-0.25, -0.2) is 0 Å². The van der Waals surface area contributed by atoms with Crippen molar-refractivity contribution in [3.05, 3.63) is 0 Å². The minimum absolute atomic E-state index is 0. The molecular formula is H7AlClKO8S2. The van der Waals surface area contributed by atoms with Crippen LogP contribution in [0.4, 0.5) is 0 Å². The Morgan fingerprint density at radius 1 is 0.923 bits per heavy atom. The zero-order valence-corrected chi connectivity index (χ0v) is 11.1. The first-order valence-electron chi connectivity index (χ1n) is 1.53. The third-order valence-electron chi connectivity index (χ3n) is 0.200. The van der Waals surface area contributed by atoms with Crippen molar-refractivity contribution in [2.75, 3.05) is 0 Å². The summed E-state index contributed by atoms with van der Waals surface area (Å²) in [5, 5.41) is 0. The van der Waals surface area contributed by atoms with Gasteiger partial charge in [0.1, 0.15) is 0 Å². The van der Waals surface area contributed by atoms with Gasteiger partial charge in [-0.1, -0.05) is 8.67 Å². The van der Waals surface area contributed by atoms with Crippen molar-refractivity contribution >= 4 is 50.6 Å². The fourth-order valence-corrected chi connectivity index (χ4v) is 0.632. The normalized spacial score (nSPS) is 10.3. The molecule has 0 aromatic carbocycles. The SMILES string of the molecule is Cl.O=S(=O)(O)OOS(=O)(=O)O.[AlH3].[H-].[K+]. The molecule has 13 heteroatoms. The van der Waals surface area contributed by atoms with Crippen LogP contribution in [0.25, 0.3) is 0 Å². The smallest absolute Gasteiger partial charge is 1.00 e. The van der Waals surface area contributed by atoms with Crippen LogP contribution in [-0.2, 0) is 29.5 Å². The van der Waals surface area contributed by atoms with Crippen LogP contribution in [0.3, 0.4) is 0 Å². The number of halogens is 1. The first-order valence-corrected chi connectivity index (χ1v) is 4.26. The van der Waals surface area contributed by atoms with E-state index in [9.17, 15) is 16.8 Å². The molecule has 0 heterocycles. The fourth-order valence-electron chi connectivity index (χ4n) is 0.0702. The molecule has 0 atom stereocenters. The second-order valence-electron chi connectivity index (χ2n) is 0.992. The summed E-state index contributed by atoms with van der Waals surface area (Å²) in [6.45, 7) is 0. The summed E-state index contributed by atoms with van der Waals surface area (Å²) >= 11 is 0. The Morgan fingerprint density at radius 2 is 1.08 bits per heavy atom. The second kappa shape index (κ2) is 9.43. The van der Waals surface area contributed by atoms with Crippen LogP contribution in [0.2, 0.25) is 0 Å². The van der Waals surface area contributed by atoms with E-state index >= 15 is 0 Å². The van der Waals surface area contributed by atoms with Gasteiger partial charge in [-0.15, -0.1) is 12.4 Å². The van der Waals surface area contributed by atoms with Crippen LogP contribution in [-0.4, -0.2) is 43.3 Å². The predicted octanol–water partition coefficient (Wildman–Crippen LogP) is -5.11. The topological polar surface area (TPSA) is 127 Å². The van der Waals surface area contributed by atoms with Gasteiger partial charge in [-0.2, -0.15) is 16.8 Å². The van der Waals surface area contributed by atoms with Gasteiger partial charge in [0.2, 0.25) is 0 Å². The third kappa shape index (κ3) is 25.0. The summed E-state index contributed by atoms with van der Waals surface area (Å²) in [7, 11) is -10.0. The third-order valence-corrected chi connectivity index (χ3v) is 0.766. The summed E-state index contributed by atoms with van der Waals surface area (Å²) in [6.07, 6.45) is 0. The molecule has 0 amide bonds. The molecule has 8 nitrogen and oxygen atoms in total. The maximum absolute atomic E-state index is 9.51. The van der Waals surface area contributed by atoms with Crippen molar-refractivity contribution in [3.63, 3.8) is 0 Å². The van der Waals surface area contributed by atoms with Crippen molar-refractivity contribution in [1.29, 1.82) is 0 Å². The van der Waals surface area contributed by atoms with E-state index in [-0.39, 0.29) is 82.6 Å². The molecule has 0 aromatic heterocycles. The van der Waals surface area contributed by atoms with Crippen LogP contribution >= 0.6 is 12.4 Å². The monoisotopic (exact) mass is 300 g/mol. The Kier molecular flexibility index (Phi) is 17.7. The average Bonchev–Trinajstić information content (AvgIpc) is 1.57. The van der Waals surface area contributed by atoms with Crippen molar-refractivity contribution in [2.24, 2.45) is 0 Å². The van der Waals surface area contributed by atoms with Gasteiger partial charge < -0.3 is 1.43 Å². The van der Waals surface area contributed by atoms with Crippen LogP contribution in [0.1, 0.15) is 1.43 Å². The Balaban J connectivity index is -0.0000000675. The van der Waals surface area contributed by atoms with E-state index < -0.39 is 20.8 Å². The van der Waals surface area contributed by atoms with Crippen LogP contribution in [0.5, 0.6) is 0 Å². The molecule has 0 aliphatic rings. The number of hydrogen-bond donors (Lipinski definition) is 2. The molecule has 2 N–H and O–H groups in total. The first-order chi connectivity index (χ1) is 4.21. The minimum Gasteiger partial charge on any atom is -1.00 e. The predicted molar refractivity (Wildman–Crippen MR) is 43.6 cm³/mol. The Labute approximate surface area is 136 Å². The molecule has 0 aliphatic carbocycles. The van der Waals surface area contributed by atoms with E-state index in [0.29, 0.717) is 0 Å². The van der Waals surface area contributed by atoms with Gasteiger partial charge in [0.15, 0.2) is 17.4 Å². The molecule has 0 aliphatic heterocycles. The van der Waals surface area contributed by atoms with Crippen molar-refractivity contribution < 1.29 is 87.4 Å². The minimum atomic E-state index is -5.02. The standard InChI is InChI=1S/Al.ClH.K.H2O8S2.4H/c;;;1-9(2,3)7-8-10(4,5)6;;;;/h;1H;;(H,1,2,3)(H,4,5,6);;;;/q;;+1;;;;;-1. The maximum Gasteiger partial charge on any atom is 1.00 e. The maximum atomic E-state index is 9.51. The molecule has 0 bridgehead atoms. The zero-order valence-electron chi connectivity index (χ0n) is 6.57. The average molecular weight is 301 g/mol. The molecule has 13 heavy (non-hydrogen) atoms. The van der Waals surface area contributed by atoms with Crippen LogP contribution < -0.4 is 51.4 Å². The van der Waals surface area contributed by atoms with E-state index in [1.165, 1.54) is 0 Å². The zero-order chi connectivity index (χ0) is 8.41. The summed E-state index contributed by atoms with van der Waals surface area (Å²) in [5.74, 6) is 0. The second-order valence-corrected chi connectivity index (χ2v) is 2.97. The van der Waals surface area contributed by atoms with Gasteiger partial charge in [0.25, 0.3) is 0 Å². The molecule has 0 saturated carbocycles. The van der Waals surface area contributed by atoms with Gasteiger partial charge in [-0.05, 0) is 0 Å². The van der Waals surface area contributed by atoms with Crippen molar-refractivity contribution in [2.45, 2.75) is 0 Å². The Hall–Kier alpha value is 2.20. The molecule has 0 radical (unpaired) electrons. The van der Waals surface area contributed by atoms with E-state index in [1.807, 2.05) is 0 Å².